The standard InChI is InChI=1S/C17H20ClN3O3S2/c1-12-11-19-17(25-12)20-16(22)13-6-7-14(18)15(10-13)26(23,24)21-8-4-2-3-5-9-21/h6-7,10-11H,2-5,8-9H2,1H3,(H,19,20,22). The molecular weight excluding hydrogens is 394 g/mol. The van der Waals surface area contributed by atoms with Gasteiger partial charge in [0.05, 0.1) is 5.02 Å². The molecule has 0 atom stereocenters. The number of carbonyl (C=O) groups is 1. The molecule has 1 aliphatic heterocycles. The first kappa shape index (κ1) is 19.3. The quantitative estimate of drug-likeness (QED) is 0.823. The minimum Gasteiger partial charge on any atom is -0.298 e. The Balaban J connectivity index is 1.88. The Morgan fingerprint density at radius 3 is 2.54 bits per heavy atom. The van der Waals surface area contributed by atoms with Gasteiger partial charge in [-0.15, -0.1) is 11.3 Å². The van der Waals surface area contributed by atoms with Crippen LogP contribution in [0.5, 0.6) is 0 Å². The van der Waals surface area contributed by atoms with Gasteiger partial charge in [0.15, 0.2) is 5.13 Å². The van der Waals surface area contributed by atoms with Gasteiger partial charge in [0, 0.05) is 29.7 Å². The predicted molar refractivity (Wildman–Crippen MR) is 103 cm³/mol. The predicted octanol–water partition coefficient (Wildman–Crippen LogP) is 3.92. The number of aromatic nitrogens is 1. The number of aryl methyl sites for hydroxylation is 1. The summed E-state index contributed by atoms with van der Waals surface area (Å²) >= 11 is 7.51. The van der Waals surface area contributed by atoms with E-state index in [1.165, 1.54) is 33.8 Å². The maximum absolute atomic E-state index is 13.0. The van der Waals surface area contributed by atoms with E-state index in [-0.39, 0.29) is 15.5 Å². The van der Waals surface area contributed by atoms with Gasteiger partial charge in [-0.1, -0.05) is 24.4 Å². The summed E-state index contributed by atoms with van der Waals surface area (Å²) < 4.78 is 27.5. The molecule has 1 fully saturated rings. The first-order valence-electron chi connectivity index (χ1n) is 8.41. The first-order chi connectivity index (χ1) is 12.4. The molecule has 140 valence electrons. The van der Waals surface area contributed by atoms with Crippen LogP contribution in [-0.4, -0.2) is 36.7 Å². The summed E-state index contributed by atoms with van der Waals surface area (Å²) in [6, 6.07) is 4.31. The molecule has 26 heavy (non-hydrogen) atoms. The number of nitrogens with one attached hydrogen (secondary N) is 1. The maximum atomic E-state index is 13.0. The molecule has 1 amide bonds. The molecule has 1 aromatic carbocycles. The summed E-state index contributed by atoms with van der Waals surface area (Å²) in [5.74, 6) is -0.414. The molecule has 1 aromatic heterocycles. The Kier molecular flexibility index (Phi) is 5.96. The van der Waals surface area contributed by atoms with Crippen molar-refractivity contribution in [3.8, 4) is 0 Å². The lowest BCUT2D eigenvalue weighted by atomic mass is 10.2. The Labute approximate surface area is 162 Å². The fourth-order valence-electron chi connectivity index (χ4n) is 2.85. The highest BCUT2D eigenvalue weighted by Crippen LogP contribution is 2.28. The van der Waals surface area contributed by atoms with Crippen LogP contribution in [0.2, 0.25) is 5.02 Å². The molecule has 2 aromatic rings. The number of anilines is 1. The van der Waals surface area contributed by atoms with E-state index >= 15 is 0 Å². The SMILES string of the molecule is Cc1cnc(NC(=O)c2ccc(Cl)c(S(=O)(=O)N3CCCCCC3)c2)s1. The molecule has 0 radical (unpaired) electrons. The molecule has 0 saturated carbocycles. The Morgan fingerprint density at radius 2 is 1.92 bits per heavy atom. The van der Waals surface area contributed by atoms with Crippen LogP contribution >= 0.6 is 22.9 Å². The number of hydrogen-bond acceptors (Lipinski definition) is 5. The van der Waals surface area contributed by atoms with Gasteiger partial charge in [-0.05, 0) is 38.0 Å². The summed E-state index contributed by atoms with van der Waals surface area (Å²) in [5.41, 5.74) is 0.232. The largest absolute Gasteiger partial charge is 0.298 e. The van der Waals surface area contributed by atoms with Gasteiger partial charge in [0.2, 0.25) is 10.0 Å². The minimum atomic E-state index is -3.73. The molecule has 0 aliphatic carbocycles. The highest BCUT2D eigenvalue weighted by atomic mass is 35.5. The van der Waals surface area contributed by atoms with Crippen molar-refractivity contribution in [2.24, 2.45) is 0 Å². The molecule has 1 N–H and O–H groups in total. The third-order valence-electron chi connectivity index (χ3n) is 4.22. The van der Waals surface area contributed by atoms with E-state index in [1.54, 1.807) is 6.20 Å². The van der Waals surface area contributed by atoms with Gasteiger partial charge in [-0.2, -0.15) is 4.31 Å². The number of thiazole rings is 1. The average Bonchev–Trinajstić information content (AvgIpc) is 2.85. The fraction of sp³-hybridized carbons (Fsp3) is 0.412. The van der Waals surface area contributed by atoms with Gasteiger partial charge in [-0.25, -0.2) is 13.4 Å². The fourth-order valence-corrected chi connectivity index (χ4v) is 5.52. The van der Waals surface area contributed by atoms with Crippen molar-refractivity contribution >= 4 is 44.0 Å². The zero-order valence-corrected chi connectivity index (χ0v) is 16.8. The monoisotopic (exact) mass is 413 g/mol. The average molecular weight is 414 g/mol. The Hall–Kier alpha value is -1.48. The molecular formula is C17H20ClN3O3S2. The molecule has 1 aliphatic rings. The zero-order valence-electron chi connectivity index (χ0n) is 14.4. The number of rotatable bonds is 4. The third-order valence-corrected chi connectivity index (χ3v) is 7.43. The van der Waals surface area contributed by atoms with Crippen molar-refractivity contribution in [3.05, 3.63) is 39.9 Å². The van der Waals surface area contributed by atoms with E-state index in [2.05, 4.69) is 10.3 Å². The van der Waals surface area contributed by atoms with E-state index in [0.29, 0.717) is 18.2 Å². The number of carbonyl (C=O) groups excluding carboxylic acids is 1. The molecule has 6 nitrogen and oxygen atoms in total. The molecule has 1 saturated heterocycles. The van der Waals surface area contributed by atoms with Gasteiger partial charge in [0.25, 0.3) is 5.91 Å². The van der Waals surface area contributed by atoms with E-state index in [1.807, 2.05) is 6.92 Å². The molecule has 0 bridgehead atoms. The summed E-state index contributed by atoms with van der Waals surface area (Å²) in [4.78, 5) is 17.5. The van der Waals surface area contributed by atoms with Crippen molar-refractivity contribution in [2.45, 2.75) is 37.5 Å². The molecule has 0 unspecified atom stereocenters. The summed E-state index contributed by atoms with van der Waals surface area (Å²) in [6.07, 6.45) is 5.38. The number of benzene rings is 1. The number of amides is 1. The van der Waals surface area contributed by atoms with E-state index < -0.39 is 15.9 Å². The van der Waals surface area contributed by atoms with Crippen LogP contribution in [0.15, 0.2) is 29.3 Å². The number of hydrogen-bond donors (Lipinski definition) is 1. The van der Waals surface area contributed by atoms with Crippen LogP contribution in [0.3, 0.4) is 0 Å². The summed E-state index contributed by atoms with van der Waals surface area (Å²) in [6.45, 7) is 2.85. The van der Waals surface area contributed by atoms with Crippen LogP contribution < -0.4 is 5.32 Å². The van der Waals surface area contributed by atoms with Crippen LogP contribution in [0.4, 0.5) is 5.13 Å². The normalized spacial score (nSPS) is 16.2. The zero-order chi connectivity index (χ0) is 18.7. The first-order valence-corrected chi connectivity index (χ1v) is 11.0. The van der Waals surface area contributed by atoms with Crippen LogP contribution in [-0.2, 0) is 10.0 Å². The van der Waals surface area contributed by atoms with Crippen LogP contribution in [0, 0.1) is 6.92 Å². The lowest BCUT2D eigenvalue weighted by molar-refractivity contribution is 0.102. The van der Waals surface area contributed by atoms with Gasteiger partial charge < -0.3 is 0 Å². The lowest BCUT2D eigenvalue weighted by Gasteiger charge is -2.21. The number of nitrogens with zero attached hydrogens (tertiary/aromatic N) is 2. The van der Waals surface area contributed by atoms with Crippen LogP contribution in [0.1, 0.15) is 40.9 Å². The van der Waals surface area contributed by atoms with Gasteiger partial charge in [-0.3, -0.25) is 10.1 Å². The third kappa shape index (κ3) is 4.25. The van der Waals surface area contributed by atoms with Crippen molar-refractivity contribution in [2.75, 3.05) is 18.4 Å². The van der Waals surface area contributed by atoms with Gasteiger partial charge in [0.1, 0.15) is 4.90 Å². The Morgan fingerprint density at radius 1 is 1.23 bits per heavy atom. The topological polar surface area (TPSA) is 79.4 Å². The maximum Gasteiger partial charge on any atom is 0.257 e. The van der Waals surface area contributed by atoms with Crippen molar-refractivity contribution in [1.82, 2.24) is 9.29 Å². The second-order valence-corrected chi connectivity index (χ2v) is 9.74. The number of sulfonamides is 1. The minimum absolute atomic E-state index is 0.0240. The molecule has 9 heteroatoms. The van der Waals surface area contributed by atoms with E-state index in [9.17, 15) is 13.2 Å². The second-order valence-electron chi connectivity index (χ2n) is 6.19. The molecule has 3 rings (SSSR count). The molecule has 0 spiro atoms. The molecule has 2 heterocycles. The lowest BCUT2D eigenvalue weighted by Crippen LogP contribution is -2.32. The summed E-state index contributed by atoms with van der Waals surface area (Å²) in [5, 5.41) is 3.28. The highest BCUT2D eigenvalue weighted by molar-refractivity contribution is 7.89. The van der Waals surface area contributed by atoms with Crippen molar-refractivity contribution < 1.29 is 13.2 Å². The second kappa shape index (κ2) is 8.04. The van der Waals surface area contributed by atoms with Crippen molar-refractivity contribution in [3.63, 3.8) is 0 Å². The smallest absolute Gasteiger partial charge is 0.257 e. The van der Waals surface area contributed by atoms with Crippen molar-refractivity contribution in [1.29, 1.82) is 0 Å². The Bertz CT molecular complexity index is 904. The van der Waals surface area contributed by atoms with E-state index in [0.717, 1.165) is 30.6 Å². The van der Waals surface area contributed by atoms with Crippen LogP contribution in [0.25, 0.3) is 0 Å². The number of halogens is 1. The van der Waals surface area contributed by atoms with Gasteiger partial charge >= 0.3 is 0 Å². The van der Waals surface area contributed by atoms with E-state index in [4.69, 9.17) is 11.6 Å². The summed E-state index contributed by atoms with van der Waals surface area (Å²) in [7, 11) is -3.73. The highest BCUT2D eigenvalue weighted by Gasteiger charge is 2.28.